The molecule has 0 N–H and O–H groups in total. The number of likely N-dealkylation sites (tertiary alicyclic amines) is 3. The Morgan fingerprint density at radius 1 is 1.07 bits per heavy atom. The van der Waals surface area contributed by atoms with Gasteiger partial charge in [-0.25, -0.2) is 0 Å². The fraction of sp³-hybridized carbons (Fsp3) is 0.696. The summed E-state index contributed by atoms with van der Waals surface area (Å²) in [6.07, 6.45) is 5.57. The molecule has 0 aromatic heterocycles. The van der Waals surface area contributed by atoms with Gasteiger partial charge in [-0.15, -0.1) is 0 Å². The number of rotatable bonds is 5. The highest BCUT2D eigenvalue weighted by Gasteiger charge is 2.49. The van der Waals surface area contributed by atoms with E-state index in [0.717, 1.165) is 56.0 Å². The maximum Gasteiger partial charge on any atom is 0.230 e. The van der Waals surface area contributed by atoms with E-state index in [1.807, 2.05) is 18.2 Å². The SMILES string of the molecule is COc1cccc(CN2CCCC3(CCN(C4CCN(C)CC4)C3)C2=O)c1OC. The molecule has 3 aliphatic heterocycles. The topological polar surface area (TPSA) is 45.2 Å². The number of amides is 1. The predicted molar refractivity (Wildman–Crippen MR) is 113 cm³/mol. The van der Waals surface area contributed by atoms with E-state index < -0.39 is 0 Å². The van der Waals surface area contributed by atoms with Crippen molar-refractivity contribution in [3.05, 3.63) is 23.8 Å². The molecule has 4 rings (SSSR count). The number of benzene rings is 1. The molecule has 1 spiro atoms. The molecule has 0 radical (unpaired) electrons. The van der Waals surface area contributed by atoms with Gasteiger partial charge in [-0.05, 0) is 64.9 Å². The van der Waals surface area contributed by atoms with Crippen LogP contribution < -0.4 is 9.47 Å². The molecule has 160 valence electrons. The van der Waals surface area contributed by atoms with Crippen LogP contribution in [0.5, 0.6) is 11.5 Å². The van der Waals surface area contributed by atoms with E-state index in [9.17, 15) is 4.79 Å². The minimum absolute atomic E-state index is 0.187. The molecule has 0 bridgehead atoms. The molecule has 3 heterocycles. The molecule has 1 atom stereocenters. The fourth-order valence-corrected chi connectivity index (χ4v) is 5.54. The number of carbonyl (C=O) groups is 1. The zero-order valence-electron chi connectivity index (χ0n) is 18.2. The van der Waals surface area contributed by atoms with Gasteiger partial charge in [0.05, 0.1) is 19.6 Å². The number of methoxy groups -OCH3 is 2. The van der Waals surface area contributed by atoms with Gasteiger partial charge in [-0.1, -0.05) is 12.1 Å². The Kier molecular flexibility index (Phi) is 6.02. The Hall–Kier alpha value is -1.79. The lowest BCUT2D eigenvalue weighted by Gasteiger charge is -2.41. The van der Waals surface area contributed by atoms with Gasteiger partial charge in [-0.2, -0.15) is 0 Å². The summed E-state index contributed by atoms with van der Waals surface area (Å²) in [7, 11) is 5.52. The van der Waals surface area contributed by atoms with Crippen LogP contribution in [0.4, 0.5) is 0 Å². The minimum atomic E-state index is -0.187. The summed E-state index contributed by atoms with van der Waals surface area (Å²) in [4.78, 5) is 20.7. The number of nitrogens with zero attached hydrogens (tertiary/aromatic N) is 3. The van der Waals surface area contributed by atoms with Crippen LogP contribution in [0, 0.1) is 5.41 Å². The zero-order valence-corrected chi connectivity index (χ0v) is 18.2. The highest BCUT2D eigenvalue weighted by Crippen LogP contribution is 2.42. The molecule has 6 heteroatoms. The summed E-state index contributed by atoms with van der Waals surface area (Å²) in [5.41, 5.74) is 0.829. The van der Waals surface area contributed by atoms with Crippen LogP contribution in [0.2, 0.25) is 0 Å². The molecule has 6 nitrogen and oxygen atoms in total. The van der Waals surface area contributed by atoms with Crippen LogP contribution in [0.3, 0.4) is 0 Å². The van der Waals surface area contributed by atoms with Crippen molar-refractivity contribution in [2.75, 3.05) is 54.0 Å². The van der Waals surface area contributed by atoms with Crippen molar-refractivity contribution in [3.63, 3.8) is 0 Å². The van der Waals surface area contributed by atoms with Crippen molar-refractivity contribution in [1.29, 1.82) is 0 Å². The van der Waals surface area contributed by atoms with Gasteiger partial charge >= 0.3 is 0 Å². The number of piperidine rings is 2. The first-order valence-electron chi connectivity index (χ1n) is 11.0. The van der Waals surface area contributed by atoms with E-state index in [0.29, 0.717) is 18.5 Å². The molecule has 3 fully saturated rings. The van der Waals surface area contributed by atoms with Crippen LogP contribution in [-0.4, -0.2) is 80.6 Å². The van der Waals surface area contributed by atoms with Gasteiger partial charge in [0.15, 0.2) is 11.5 Å². The van der Waals surface area contributed by atoms with E-state index in [-0.39, 0.29) is 5.41 Å². The second-order valence-electron chi connectivity index (χ2n) is 9.02. The first kappa shape index (κ1) is 20.5. The summed E-state index contributed by atoms with van der Waals surface area (Å²) in [5, 5.41) is 0. The van der Waals surface area contributed by atoms with Gasteiger partial charge in [0.1, 0.15) is 0 Å². The smallest absolute Gasteiger partial charge is 0.230 e. The first-order chi connectivity index (χ1) is 14.1. The second-order valence-corrected chi connectivity index (χ2v) is 9.02. The molecule has 0 aliphatic carbocycles. The van der Waals surface area contributed by atoms with Gasteiger partial charge in [0.25, 0.3) is 0 Å². The summed E-state index contributed by atoms with van der Waals surface area (Å²) < 4.78 is 11.0. The Balaban J connectivity index is 1.46. The molecular formula is C23H35N3O3. The summed E-state index contributed by atoms with van der Waals surface area (Å²) in [5.74, 6) is 1.80. The van der Waals surface area contributed by atoms with Gasteiger partial charge in [0, 0.05) is 31.2 Å². The highest BCUT2D eigenvalue weighted by molar-refractivity contribution is 5.84. The number of carbonyl (C=O) groups excluding carboxylic acids is 1. The molecular weight excluding hydrogens is 366 g/mol. The predicted octanol–water partition coefficient (Wildman–Crippen LogP) is 2.61. The summed E-state index contributed by atoms with van der Waals surface area (Å²) in [6.45, 7) is 5.76. The molecule has 3 saturated heterocycles. The fourth-order valence-electron chi connectivity index (χ4n) is 5.54. The summed E-state index contributed by atoms with van der Waals surface area (Å²) >= 11 is 0. The lowest BCUT2D eigenvalue weighted by molar-refractivity contribution is -0.146. The van der Waals surface area contributed by atoms with Crippen molar-refractivity contribution in [3.8, 4) is 11.5 Å². The van der Waals surface area contributed by atoms with E-state index in [4.69, 9.17) is 9.47 Å². The number of para-hydroxylation sites is 1. The van der Waals surface area contributed by atoms with Crippen LogP contribution >= 0.6 is 0 Å². The number of hydrogen-bond donors (Lipinski definition) is 0. The normalized spacial score (nSPS) is 27.0. The van der Waals surface area contributed by atoms with Crippen LogP contribution in [-0.2, 0) is 11.3 Å². The molecule has 1 aromatic rings. The maximum atomic E-state index is 13.6. The third-order valence-corrected chi connectivity index (χ3v) is 7.26. The standard InChI is InChI=1S/C23H35N3O3/c1-24-13-8-19(9-14-24)26-15-11-23(17-26)10-5-12-25(22(23)27)16-18-6-4-7-20(28-2)21(18)29-3/h4,6-7,19H,5,8-17H2,1-3H3. The van der Waals surface area contributed by atoms with Crippen molar-refractivity contribution in [2.24, 2.45) is 5.41 Å². The van der Waals surface area contributed by atoms with Gasteiger partial charge in [0.2, 0.25) is 5.91 Å². The Bertz CT molecular complexity index is 732. The first-order valence-corrected chi connectivity index (χ1v) is 11.0. The van der Waals surface area contributed by atoms with E-state index in [1.54, 1.807) is 14.2 Å². The second kappa shape index (κ2) is 8.52. The van der Waals surface area contributed by atoms with E-state index in [1.165, 1.54) is 25.9 Å². The average molecular weight is 402 g/mol. The van der Waals surface area contributed by atoms with Crippen LogP contribution in [0.1, 0.15) is 37.7 Å². The van der Waals surface area contributed by atoms with Gasteiger partial charge in [-0.3, -0.25) is 9.69 Å². The van der Waals surface area contributed by atoms with Crippen LogP contribution in [0.25, 0.3) is 0 Å². The van der Waals surface area contributed by atoms with Gasteiger partial charge < -0.3 is 19.3 Å². The number of ether oxygens (including phenoxy) is 2. The third-order valence-electron chi connectivity index (χ3n) is 7.26. The number of hydrogen-bond acceptors (Lipinski definition) is 5. The van der Waals surface area contributed by atoms with Crippen molar-refractivity contribution in [2.45, 2.75) is 44.7 Å². The molecule has 1 amide bonds. The molecule has 1 unspecified atom stereocenters. The average Bonchev–Trinajstić information content (AvgIpc) is 3.16. The molecule has 29 heavy (non-hydrogen) atoms. The minimum Gasteiger partial charge on any atom is -0.493 e. The zero-order chi connectivity index (χ0) is 20.4. The highest BCUT2D eigenvalue weighted by atomic mass is 16.5. The largest absolute Gasteiger partial charge is 0.493 e. The Morgan fingerprint density at radius 3 is 2.59 bits per heavy atom. The van der Waals surface area contributed by atoms with Crippen molar-refractivity contribution in [1.82, 2.24) is 14.7 Å². The third kappa shape index (κ3) is 3.97. The van der Waals surface area contributed by atoms with Crippen molar-refractivity contribution >= 4 is 5.91 Å². The van der Waals surface area contributed by atoms with E-state index in [2.05, 4.69) is 21.7 Å². The van der Waals surface area contributed by atoms with E-state index >= 15 is 0 Å². The Morgan fingerprint density at radius 2 is 1.86 bits per heavy atom. The Labute approximate surface area is 174 Å². The lowest BCUT2D eigenvalue weighted by atomic mass is 9.78. The molecule has 3 aliphatic rings. The van der Waals surface area contributed by atoms with Crippen molar-refractivity contribution < 1.29 is 14.3 Å². The molecule has 0 saturated carbocycles. The monoisotopic (exact) mass is 401 g/mol. The summed E-state index contributed by atoms with van der Waals surface area (Å²) in [6, 6.07) is 6.55. The lowest BCUT2D eigenvalue weighted by Crippen LogP contribution is -2.51. The quantitative estimate of drug-likeness (QED) is 0.759. The maximum absolute atomic E-state index is 13.6. The molecule has 1 aromatic carbocycles. The van der Waals surface area contributed by atoms with Crippen LogP contribution in [0.15, 0.2) is 18.2 Å².